The van der Waals surface area contributed by atoms with Crippen molar-refractivity contribution in [3.8, 4) is 0 Å². The van der Waals surface area contributed by atoms with E-state index in [9.17, 15) is 14.3 Å². The third-order valence-corrected chi connectivity index (χ3v) is 2.89. The molecular weight excluding hydrogens is 263 g/mol. The number of nitrogens with one attached hydrogen (secondary N) is 1. The second-order valence-corrected chi connectivity index (χ2v) is 5.80. The van der Waals surface area contributed by atoms with Gasteiger partial charge in [-0.25, -0.2) is 19.6 Å². The fourth-order valence-electron chi connectivity index (χ4n) is 2.08. The number of carbonyl (C=O) groups excluding carboxylic acids is 1. The second-order valence-electron chi connectivity index (χ2n) is 5.80. The predicted molar refractivity (Wildman–Crippen MR) is 71.0 cm³/mol. The Balaban J connectivity index is 2.18. The fourth-order valence-corrected chi connectivity index (χ4v) is 2.08. The van der Waals surface area contributed by atoms with Crippen LogP contribution in [0.15, 0.2) is 24.3 Å². The molecule has 2 atom stereocenters. The number of halogens is 1. The Kier molecular flexibility index (Phi) is 3.96. The number of hydrogen-bond acceptors (Lipinski definition) is 4. The molecule has 1 aromatic rings. The van der Waals surface area contributed by atoms with Crippen molar-refractivity contribution in [3.63, 3.8) is 0 Å². The molecule has 1 unspecified atom stereocenters. The molecule has 2 N–H and O–H groups in total. The summed E-state index contributed by atoms with van der Waals surface area (Å²) in [5, 5.41) is 11.0. The summed E-state index contributed by atoms with van der Waals surface area (Å²) in [6.45, 7) is 5.30. The van der Waals surface area contributed by atoms with Crippen LogP contribution in [0.3, 0.4) is 0 Å². The first-order valence-corrected chi connectivity index (χ1v) is 6.48. The topological polar surface area (TPSA) is 61.8 Å². The van der Waals surface area contributed by atoms with E-state index in [-0.39, 0.29) is 11.9 Å². The standard InChI is InChI=1S/C14H19FN2O3/c1-14(2,3)20-13(19)17-11(8-12(18)16-17)9-4-6-10(15)7-5-9/h4-7,11-12,16,18H,8H2,1-3H3/t11-,12?/m0/s1. The van der Waals surface area contributed by atoms with Gasteiger partial charge in [-0.2, -0.15) is 0 Å². The van der Waals surface area contributed by atoms with Gasteiger partial charge in [0.25, 0.3) is 0 Å². The summed E-state index contributed by atoms with van der Waals surface area (Å²) in [7, 11) is 0. The van der Waals surface area contributed by atoms with Gasteiger partial charge in [-0.15, -0.1) is 0 Å². The van der Waals surface area contributed by atoms with Gasteiger partial charge in [0.1, 0.15) is 17.6 Å². The predicted octanol–water partition coefficient (Wildman–Crippen LogP) is 2.33. The van der Waals surface area contributed by atoms with Crippen LogP contribution in [0.1, 0.15) is 38.8 Å². The van der Waals surface area contributed by atoms with E-state index in [0.717, 1.165) is 5.56 Å². The Morgan fingerprint density at radius 1 is 1.40 bits per heavy atom. The van der Waals surface area contributed by atoms with Crippen molar-refractivity contribution in [2.24, 2.45) is 0 Å². The quantitative estimate of drug-likeness (QED) is 0.830. The zero-order valence-electron chi connectivity index (χ0n) is 11.8. The van der Waals surface area contributed by atoms with Crippen molar-refractivity contribution in [2.75, 3.05) is 0 Å². The normalized spacial score (nSPS) is 22.9. The number of carbonyl (C=O) groups is 1. The molecular formula is C14H19FN2O3. The Labute approximate surface area is 117 Å². The summed E-state index contributed by atoms with van der Waals surface area (Å²) in [4.78, 5) is 12.1. The Hall–Kier alpha value is -1.66. The summed E-state index contributed by atoms with van der Waals surface area (Å²) in [6, 6.07) is 5.45. The highest BCUT2D eigenvalue weighted by molar-refractivity contribution is 5.68. The van der Waals surface area contributed by atoms with Crippen LogP contribution in [0.5, 0.6) is 0 Å². The maximum Gasteiger partial charge on any atom is 0.425 e. The van der Waals surface area contributed by atoms with Crippen LogP contribution < -0.4 is 5.43 Å². The molecule has 1 amide bonds. The van der Waals surface area contributed by atoms with Crippen LogP contribution >= 0.6 is 0 Å². The highest BCUT2D eigenvalue weighted by atomic mass is 19.1. The van der Waals surface area contributed by atoms with Crippen LogP contribution in [0.2, 0.25) is 0 Å². The van der Waals surface area contributed by atoms with Gasteiger partial charge >= 0.3 is 6.09 Å². The number of ether oxygens (including phenoxy) is 1. The summed E-state index contributed by atoms with van der Waals surface area (Å²) in [5.74, 6) is -0.343. The minimum Gasteiger partial charge on any atom is -0.443 e. The van der Waals surface area contributed by atoms with Gasteiger partial charge in [-0.3, -0.25) is 0 Å². The molecule has 0 spiro atoms. The Morgan fingerprint density at radius 3 is 2.55 bits per heavy atom. The van der Waals surface area contributed by atoms with Gasteiger partial charge in [0.05, 0.1) is 6.04 Å². The first kappa shape index (κ1) is 14.7. The lowest BCUT2D eigenvalue weighted by Gasteiger charge is -2.28. The molecule has 0 aliphatic carbocycles. The van der Waals surface area contributed by atoms with E-state index in [1.165, 1.54) is 17.1 Å². The zero-order valence-corrected chi connectivity index (χ0v) is 11.8. The number of hydrogen-bond donors (Lipinski definition) is 2. The lowest BCUT2D eigenvalue weighted by molar-refractivity contribution is 0.00427. The summed E-state index contributed by atoms with van der Waals surface area (Å²) in [5.41, 5.74) is 2.77. The summed E-state index contributed by atoms with van der Waals surface area (Å²) < 4.78 is 18.2. The van der Waals surface area contributed by atoms with Crippen LogP contribution in [-0.4, -0.2) is 28.0 Å². The molecule has 1 saturated heterocycles. The molecule has 1 aliphatic heterocycles. The average Bonchev–Trinajstić information content (AvgIpc) is 2.70. The average molecular weight is 282 g/mol. The third-order valence-electron chi connectivity index (χ3n) is 2.89. The minimum absolute atomic E-state index is 0.324. The van der Waals surface area contributed by atoms with E-state index < -0.39 is 17.9 Å². The number of aliphatic hydroxyl groups is 1. The molecule has 1 aliphatic rings. The lowest BCUT2D eigenvalue weighted by atomic mass is 10.0. The maximum atomic E-state index is 13.0. The molecule has 0 aromatic heterocycles. The number of hydrazine groups is 1. The van der Waals surface area contributed by atoms with E-state index in [4.69, 9.17) is 4.74 Å². The number of nitrogens with zero attached hydrogens (tertiary/aromatic N) is 1. The fraction of sp³-hybridized carbons (Fsp3) is 0.500. The third kappa shape index (κ3) is 3.46. The SMILES string of the molecule is CC(C)(C)OC(=O)N1NC(O)C[C@H]1c1ccc(F)cc1. The van der Waals surface area contributed by atoms with Crippen LogP contribution in [0.4, 0.5) is 9.18 Å². The van der Waals surface area contributed by atoms with Gasteiger partial charge in [-0.1, -0.05) is 12.1 Å². The molecule has 1 aromatic carbocycles. The van der Waals surface area contributed by atoms with Gasteiger partial charge in [0, 0.05) is 6.42 Å². The number of amides is 1. The smallest absolute Gasteiger partial charge is 0.425 e. The van der Waals surface area contributed by atoms with Crippen LogP contribution in [-0.2, 0) is 4.74 Å². The molecule has 1 fully saturated rings. The first-order chi connectivity index (χ1) is 9.26. The maximum absolute atomic E-state index is 13.0. The van der Waals surface area contributed by atoms with Crippen molar-refractivity contribution in [3.05, 3.63) is 35.6 Å². The largest absolute Gasteiger partial charge is 0.443 e. The van der Waals surface area contributed by atoms with Gasteiger partial charge in [0.15, 0.2) is 0 Å². The lowest BCUT2D eigenvalue weighted by Crippen LogP contribution is -2.44. The molecule has 0 saturated carbocycles. The second kappa shape index (κ2) is 5.38. The van der Waals surface area contributed by atoms with E-state index in [1.54, 1.807) is 32.9 Å². The van der Waals surface area contributed by atoms with Gasteiger partial charge in [-0.05, 0) is 38.5 Å². The monoisotopic (exact) mass is 282 g/mol. The van der Waals surface area contributed by atoms with E-state index in [2.05, 4.69) is 5.43 Å². The first-order valence-electron chi connectivity index (χ1n) is 6.48. The van der Waals surface area contributed by atoms with Crippen molar-refractivity contribution in [1.82, 2.24) is 10.4 Å². The number of aliphatic hydroxyl groups excluding tert-OH is 1. The Bertz CT molecular complexity index is 484. The molecule has 110 valence electrons. The highest BCUT2D eigenvalue weighted by Gasteiger charge is 2.37. The molecule has 5 nitrogen and oxygen atoms in total. The van der Waals surface area contributed by atoms with E-state index in [1.807, 2.05) is 0 Å². The van der Waals surface area contributed by atoms with E-state index >= 15 is 0 Å². The number of benzene rings is 1. The van der Waals surface area contributed by atoms with Crippen LogP contribution in [0.25, 0.3) is 0 Å². The zero-order chi connectivity index (χ0) is 14.9. The molecule has 6 heteroatoms. The summed E-state index contributed by atoms with van der Waals surface area (Å²) in [6.07, 6.45) is -1.08. The number of rotatable bonds is 1. The van der Waals surface area contributed by atoms with Gasteiger partial charge < -0.3 is 9.84 Å². The molecule has 2 rings (SSSR count). The van der Waals surface area contributed by atoms with Crippen molar-refractivity contribution < 1.29 is 19.0 Å². The molecule has 20 heavy (non-hydrogen) atoms. The summed E-state index contributed by atoms with van der Waals surface area (Å²) >= 11 is 0. The van der Waals surface area contributed by atoms with Crippen LogP contribution in [0, 0.1) is 5.82 Å². The van der Waals surface area contributed by atoms with Crippen molar-refractivity contribution in [2.45, 2.75) is 45.1 Å². The highest BCUT2D eigenvalue weighted by Crippen LogP contribution is 2.30. The molecule has 1 heterocycles. The molecule has 0 bridgehead atoms. The Morgan fingerprint density at radius 2 is 2.00 bits per heavy atom. The minimum atomic E-state index is -0.836. The molecule has 0 radical (unpaired) electrons. The van der Waals surface area contributed by atoms with Crippen molar-refractivity contribution >= 4 is 6.09 Å². The van der Waals surface area contributed by atoms with Gasteiger partial charge in [0.2, 0.25) is 0 Å². The van der Waals surface area contributed by atoms with Crippen molar-refractivity contribution in [1.29, 1.82) is 0 Å². The van der Waals surface area contributed by atoms with E-state index in [0.29, 0.717) is 6.42 Å².